The zero-order valence-corrected chi connectivity index (χ0v) is 24.9. The number of pyridine rings is 1. The molecule has 1 aromatic carbocycles. The van der Waals surface area contributed by atoms with Gasteiger partial charge in [-0.2, -0.15) is 0 Å². The first-order valence-electron chi connectivity index (χ1n) is 12.0. The largest absolute Gasteiger partial charge is 0.468 e. The summed E-state index contributed by atoms with van der Waals surface area (Å²) in [5, 5.41) is 1.94. The Kier molecular flexibility index (Phi) is 12.0. The maximum absolute atomic E-state index is 11.4. The van der Waals surface area contributed by atoms with Gasteiger partial charge in [0.25, 0.3) is 0 Å². The van der Waals surface area contributed by atoms with Gasteiger partial charge in [0.2, 0.25) is 14.3 Å². The molecule has 0 saturated carbocycles. The van der Waals surface area contributed by atoms with Crippen molar-refractivity contribution in [3.63, 3.8) is 0 Å². The van der Waals surface area contributed by atoms with Crippen LogP contribution in [0.25, 0.3) is 0 Å². The molecule has 1 amide bonds. The van der Waals surface area contributed by atoms with Crippen LogP contribution in [0.4, 0.5) is 4.79 Å². The number of carbonyl (C=O) groups is 1. The Morgan fingerprint density at radius 3 is 2.37 bits per heavy atom. The normalized spacial score (nSPS) is 11.4. The van der Waals surface area contributed by atoms with Crippen molar-refractivity contribution in [2.75, 3.05) is 19.6 Å². The molecule has 0 saturated heterocycles. The first-order valence-corrected chi connectivity index (χ1v) is 14.9. The lowest BCUT2D eigenvalue weighted by Crippen LogP contribution is -2.15. The summed E-state index contributed by atoms with van der Waals surface area (Å²) < 4.78 is 24.0. The second kappa shape index (κ2) is 14.9. The van der Waals surface area contributed by atoms with Crippen molar-refractivity contribution in [3.8, 4) is 5.88 Å². The van der Waals surface area contributed by atoms with E-state index in [1.165, 1.54) is 11.8 Å². The van der Waals surface area contributed by atoms with E-state index in [1.807, 2.05) is 50.5 Å². The fourth-order valence-corrected chi connectivity index (χ4v) is 6.34. The third-order valence-electron chi connectivity index (χ3n) is 4.97. The molecule has 0 spiro atoms. The molecule has 13 heteroatoms. The summed E-state index contributed by atoms with van der Waals surface area (Å²) in [5.41, 5.74) is 6.98. The van der Waals surface area contributed by atoms with Gasteiger partial charge in [0.1, 0.15) is 10.9 Å². The minimum Gasteiger partial charge on any atom is -0.468 e. The van der Waals surface area contributed by atoms with Gasteiger partial charge in [0, 0.05) is 27.2 Å². The van der Waals surface area contributed by atoms with Crippen molar-refractivity contribution in [1.82, 2.24) is 14.5 Å². The predicted molar refractivity (Wildman–Crippen MR) is 150 cm³/mol. The Morgan fingerprint density at radius 2 is 1.82 bits per heavy atom. The summed E-state index contributed by atoms with van der Waals surface area (Å²) in [7, 11) is -1.13. The van der Waals surface area contributed by atoms with Crippen LogP contribution in [0.15, 0.2) is 46.5 Å². The smallest absolute Gasteiger partial charge is 0.404 e. The van der Waals surface area contributed by atoms with Gasteiger partial charge in [0.15, 0.2) is 13.0 Å². The summed E-state index contributed by atoms with van der Waals surface area (Å²) in [6.45, 7) is 9.38. The highest BCUT2D eigenvalue weighted by Gasteiger charge is 2.22. The molecule has 9 nitrogen and oxygen atoms in total. The average Bonchev–Trinajstić information content (AvgIpc) is 3.18. The molecule has 2 aromatic heterocycles. The van der Waals surface area contributed by atoms with Crippen molar-refractivity contribution in [1.29, 1.82) is 0 Å². The van der Waals surface area contributed by atoms with Gasteiger partial charge in [0.05, 0.1) is 25.5 Å². The molecular weight excluding hydrogens is 570 g/mol. The molecule has 38 heavy (non-hydrogen) atoms. The summed E-state index contributed by atoms with van der Waals surface area (Å²) in [5.74, 6) is 1.12. The Labute approximate surface area is 238 Å². The molecule has 2 N–H and O–H groups in total. The maximum atomic E-state index is 11.4. The van der Waals surface area contributed by atoms with E-state index in [0.717, 1.165) is 21.2 Å². The lowest BCUT2D eigenvalue weighted by molar-refractivity contribution is 0.145. The number of halogens is 2. The highest BCUT2D eigenvalue weighted by atomic mass is 35.5. The number of ether oxygens (including phenoxy) is 2. The van der Waals surface area contributed by atoms with Crippen molar-refractivity contribution in [3.05, 3.63) is 63.7 Å². The number of carbonyl (C=O) groups excluding carboxylic acids is 1. The van der Waals surface area contributed by atoms with E-state index in [9.17, 15) is 4.79 Å². The van der Waals surface area contributed by atoms with E-state index < -0.39 is 14.5 Å². The van der Waals surface area contributed by atoms with E-state index in [4.69, 9.17) is 52.4 Å². The molecular formula is C25H31Cl2N4O5PS. The van der Waals surface area contributed by atoms with Crippen molar-refractivity contribution >= 4 is 49.4 Å². The molecule has 3 aromatic rings. The van der Waals surface area contributed by atoms with Crippen molar-refractivity contribution in [2.45, 2.75) is 56.7 Å². The number of hydrogen-bond donors (Lipinski definition) is 1. The third-order valence-corrected chi connectivity index (χ3v) is 7.93. The van der Waals surface area contributed by atoms with Crippen LogP contribution in [0, 0.1) is 0 Å². The standard InChI is InChI=1S/C25H31Cl2N4O5PS/c1-5-35-37(36-6-2)15-34-22-8-7-17(12-29-22)13-31-21(14-33-25(28)32)30-23(16(3)4)24(31)38-20-10-18(26)9-19(27)11-20/h7-12,16H,5-6,13-15H2,1-4H3,(H2,28,32). The zero-order valence-electron chi connectivity index (χ0n) is 21.6. The van der Waals surface area contributed by atoms with Crippen LogP contribution in [0.5, 0.6) is 5.88 Å². The second-order valence-electron chi connectivity index (χ2n) is 8.22. The Morgan fingerprint density at radius 1 is 1.13 bits per heavy atom. The van der Waals surface area contributed by atoms with Crippen LogP contribution >= 0.6 is 43.3 Å². The van der Waals surface area contributed by atoms with Gasteiger partial charge >= 0.3 is 6.09 Å². The number of benzene rings is 1. The van der Waals surface area contributed by atoms with Gasteiger partial charge in [-0.1, -0.05) is 54.9 Å². The zero-order chi connectivity index (χ0) is 27.7. The highest BCUT2D eigenvalue weighted by molar-refractivity contribution is 7.99. The summed E-state index contributed by atoms with van der Waals surface area (Å²) in [6, 6.07) is 9.08. The number of hydrogen-bond acceptors (Lipinski definition) is 8. The number of nitrogens with two attached hydrogens (primary N) is 1. The minimum atomic E-state index is -1.13. The van der Waals surface area contributed by atoms with Crippen LogP contribution in [0.3, 0.4) is 0 Å². The molecule has 0 fully saturated rings. The molecule has 0 aliphatic carbocycles. The molecule has 0 atom stereocenters. The van der Waals surface area contributed by atoms with E-state index in [2.05, 4.69) is 4.98 Å². The molecule has 206 valence electrons. The number of aromatic nitrogens is 3. The van der Waals surface area contributed by atoms with Crippen molar-refractivity contribution < 1.29 is 23.3 Å². The number of imidazole rings is 1. The van der Waals surface area contributed by atoms with Gasteiger partial charge in [-0.25, -0.2) is 14.8 Å². The number of amides is 1. The number of rotatable bonds is 14. The topological polar surface area (TPSA) is 111 Å². The van der Waals surface area contributed by atoms with E-state index >= 15 is 0 Å². The van der Waals surface area contributed by atoms with Crippen LogP contribution in [0.2, 0.25) is 10.0 Å². The molecule has 2 heterocycles. The lowest BCUT2D eigenvalue weighted by atomic mass is 10.1. The number of primary amides is 1. The summed E-state index contributed by atoms with van der Waals surface area (Å²) >= 11 is 14.0. The quantitative estimate of drug-likeness (QED) is 0.193. The molecule has 3 rings (SSSR count). The predicted octanol–water partition coefficient (Wildman–Crippen LogP) is 7.22. The van der Waals surface area contributed by atoms with Gasteiger partial charge < -0.3 is 28.8 Å². The average molecular weight is 601 g/mol. The van der Waals surface area contributed by atoms with E-state index in [0.29, 0.717) is 47.9 Å². The fourth-order valence-electron chi connectivity index (χ4n) is 3.39. The Bertz CT molecular complexity index is 1190. The fraction of sp³-hybridized carbons (Fsp3) is 0.400. The van der Waals surface area contributed by atoms with Crippen LogP contribution in [-0.4, -0.2) is 40.2 Å². The first-order chi connectivity index (χ1) is 18.2. The van der Waals surface area contributed by atoms with Crippen LogP contribution in [-0.2, 0) is 26.9 Å². The molecule has 0 bridgehead atoms. The van der Waals surface area contributed by atoms with Crippen LogP contribution in [0.1, 0.15) is 50.7 Å². The highest BCUT2D eigenvalue weighted by Crippen LogP contribution is 2.39. The van der Waals surface area contributed by atoms with Gasteiger partial charge in [-0.3, -0.25) is 0 Å². The van der Waals surface area contributed by atoms with Crippen LogP contribution < -0.4 is 10.5 Å². The second-order valence-corrected chi connectivity index (χ2v) is 11.6. The van der Waals surface area contributed by atoms with E-state index in [1.54, 1.807) is 18.3 Å². The lowest BCUT2D eigenvalue weighted by Gasteiger charge is -2.16. The van der Waals surface area contributed by atoms with Gasteiger partial charge in [-0.05, 0) is 43.5 Å². The molecule has 0 aliphatic heterocycles. The first kappa shape index (κ1) is 30.5. The molecule has 0 radical (unpaired) electrons. The Balaban J connectivity index is 1.89. The maximum Gasteiger partial charge on any atom is 0.404 e. The van der Waals surface area contributed by atoms with Gasteiger partial charge in [-0.15, -0.1) is 0 Å². The van der Waals surface area contributed by atoms with E-state index in [-0.39, 0.29) is 12.5 Å². The number of nitrogens with zero attached hydrogens (tertiary/aromatic N) is 3. The SMILES string of the molecule is CCOP(COc1ccc(Cn2c(COC(N)=O)nc(C(C)C)c2Sc2cc(Cl)cc(Cl)c2)cn1)OCC. The monoisotopic (exact) mass is 600 g/mol. The molecule has 0 unspecified atom stereocenters. The molecule has 0 aliphatic rings. The van der Waals surface area contributed by atoms with Crippen molar-refractivity contribution in [2.24, 2.45) is 5.73 Å². The summed E-state index contributed by atoms with van der Waals surface area (Å²) in [6.07, 6.45) is 1.15. The Hall–Kier alpha value is -2.07. The minimum absolute atomic E-state index is 0.0705. The summed E-state index contributed by atoms with van der Waals surface area (Å²) in [4.78, 5) is 21.4. The third kappa shape index (κ3) is 9.00.